The largest absolute Gasteiger partial charge is 0.490 e. The van der Waals surface area contributed by atoms with Crippen LogP contribution in [0.3, 0.4) is 0 Å². The molecule has 0 radical (unpaired) electrons. The summed E-state index contributed by atoms with van der Waals surface area (Å²) in [6, 6.07) is 14.3. The lowest BCUT2D eigenvalue weighted by Gasteiger charge is -2.13. The second-order valence-corrected chi connectivity index (χ2v) is 8.01. The van der Waals surface area contributed by atoms with Crippen LogP contribution in [0.5, 0.6) is 11.5 Å². The zero-order chi connectivity index (χ0) is 25.4. The molecule has 0 saturated carbocycles. The molecule has 0 bridgehead atoms. The zero-order valence-corrected chi connectivity index (χ0v) is 20.4. The van der Waals surface area contributed by atoms with Crippen molar-refractivity contribution in [2.24, 2.45) is 5.10 Å². The van der Waals surface area contributed by atoms with Gasteiger partial charge in [-0.15, -0.1) is 0 Å². The molecular weight excluding hydrogens is 496 g/mol. The van der Waals surface area contributed by atoms with Crippen molar-refractivity contribution in [3.8, 4) is 11.5 Å². The highest BCUT2D eigenvalue weighted by Gasteiger charge is 2.15. The number of benzene rings is 3. The Hall–Kier alpha value is -3.62. The molecule has 0 unspecified atom stereocenters. The topological polar surface area (TPSA) is 89.0 Å². The Balaban J connectivity index is 1.63. The van der Waals surface area contributed by atoms with Crippen LogP contribution in [0.25, 0.3) is 0 Å². The van der Waals surface area contributed by atoms with Gasteiger partial charge in [0.2, 0.25) is 0 Å². The van der Waals surface area contributed by atoms with Gasteiger partial charge in [0.1, 0.15) is 12.4 Å². The number of amides is 2. The van der Waals surface area contributed by atoms with Crippen LogP contribution in [-0.4, -0.2) is 24.6 Å². The molecule has 0 aromatic heterocycles. The molecule has 3 aromatic carbocycles. The second kappa shape index (κ2) is 12.2. The highest BCUT2D eigenvalue weighted by Crippen LogP contribution is 2.30. The zero-order valence-electron chi connectivity index (χ0n) is 18.9. The number of hydrogen-bond donors (Lipinski definition) is 2. The lowest BCUT2D eigenvalue weighted by Crippen LogP contribution is -2.32. The minimum atomic E-state index is -0.952. The number of ether oxygens (including phenoxy) is 2. The predicted molar refractivity (Wildman–Crippen MR) is 134 cm³/mol. The minimum absolute atomic E-state index is 0.0870. The van der Waals surface area contributed by atoms with E-state index in [1.165, 1.54) is 18.3 Å². The number of carbonyl (C=O) groups excluding carboxylic acids is 2. The number of anilines is 1. The van der Waals surface area contributed by atoms with Gasteiger partial charge in [-0.1, -0.05) is 35.3 Å². The first-order chi connectivity index (χ1) is 16.8. The first-order valence-corrected chi connectivity index (χ1v) is 11.3. The highest BCUT2D eigenvalue weighted by molar-refractivity contribution is 6.40. The molecule has 0 heterocycles. The molecule has 3 rings (SSSR count). The molecule has 182 valence electrons. The summed E-state index contributed by atoms with van der Waals surface area (Å²) in [6.45, 7) is 3.80. The minimum Gasteiger partial charge on any atom is -0.490 e. The maximum absolute atomic E-state index is 14.0. The van der Waals surface area contributed by atoms with Gasteiger partial charge in [0.15, 0.2) is 11.5 Å². The molecule has 0 spiro atoms. The Morgan fingerprint density at radius 3 is 2.49 bits per heavy atom. The average Bonchev–Trinajstić information content (AvgIpc) is 2.83. The molecule has 10 heteroatoms. The number of nitrogens with one attached hydrogen (secondary N) is 2. The Labute approximate surface area is 211 Å². The summed E-state index contributed by atoms with van der Waals surface area (Å²) in [5.74, 6) is -1.54. The van der Waals surface area contributed by atoms with E-state index in [0.717, 1.165) is 0 Å². The van der Waals surface area contributed by atoms with Crippen LogP contribution in [0.2, 0.25) is 10.0 Å². The van der Waals surface area contributed by atoms with E-state index in [0.29, 0.717) is 39.9 Å². The standard InChI is InChI=1S/C25H22Cl2FN3O4/c1-3-34-23-12-16(10-11-22(23)35-14-17-19(27)7-4-8-20(17)28)13-29-31-25(33)24(32)30-21-9-5-6-18(26)15(21)2/h4-13H,3,14H2,1-2H3,(H,30,32)(H,31,33). The van der Waals surface area contributed by atoms with Gasteiger partial charge >= 0.3 is 11.8 Å². The Morgan fingerprint density at radius 2 is 1.74 bits per heavy atom. The van der Waals surface area contributed by atoms with Crippen molar-refractivity contribution in [2.45, 2.75) is 20.5 Å². The summed E-state index contributed by atoms with van der Waals surface area (Å²) in [5, 5.41) is 7.03. The molecule has 0 aliphatic rings. The third kappa shape index (κ3) is 6.94. The van der Waals surface area contributed by atoms with Gasteiger partial charge in [-0.05, 0) is 67.4 Å². The number of rotatable bonds is 8. The molecule has 2 N–H and O–H groups in total. The van der Waals surface area contributed by atoms with Crippen molar-refractivity contribution in [1.29, 1.82) is 0 Å². The first kappa shape index (κ1) is 26.0. The van der Waals surface area contributed by atoms with Crippen molar-refractivity contribution in [1.82, 2.24) is 5.43 Å². The van der Waals surface area contributed by atoms with E-state index in [4.69, 9.17) is 32.7 Å². The van der Waals surface area contributed by atoms with Crippen LogP contribution in [0.1, 0.15) is 23.6 Å². The number of halogens is 3. The Bertz CT molecular complexity index is 1250. The number of hydrazone groups is 1. The second-order valence-electron chi connectivity index (χ2n) is 7.19. The summed E-state index contributed by atoms with van der Waals surface area (Å²) in [7, 11) is 0. The lowest BCUT2D eigenvalue weighted by atomic mass is 10.2. The van der Waals surface area contributed by atoms with Gasteiger partial charge in [-0.25, -0.2) is 9.82 Å². The van der Waals surface area contributed by atoms with Gasteiger partial charge in [0.25, 0.3) is 0 Å². The van der Waals surface area contributed by atoms with Gasteiger partial charge in [0.05, 0.1) is 17.8 Å². The SMILES string of the molecule is CCOc1cc(C=NNC(=O)C(=O)Nc2cccc(Cl)c2C)ccc1OCc1c(F)cccc1Cl. The summed E-state index contributed by atoms with van der Waals surface area (Å²) in [5.41, 5.74) is 4.03. The van der Waals surface area contributed by atoms with Crippen molar-refractivity contribution < 1.29 is 23.5 Å². The van der Waals surface area contributed by atoms with Crippen LogP contribution in [-0.2, 0) is 16.2 Å². The summed E-state index contributed by atoms with van der Waals surface area (Å²) < 4.78 is 25.3. The van der Waals surface area contributed by atoms with Gasteiger partial charge < -0.3 is 14.8 Å². The van der Waals surface area contributed by atoms with Gasteiger partial charge in [-0.3, -0.25) is 9.59 Å². The maximum atomic E-state index is 14.0. The van der Waals surface area contributed by atoms with E-state index < -0.39 is 17.6 Å². The summed E-state index contributed by atoms with van der Waals surface area (Å²) >= 11 is 12.1. The van der Waals surface area contributed by atoms with Crippen LogP contribution in [0.15, 0.2) is 59.7 Å². The molecular formula is C25H22Cl2FN3O4. The van der Waals surface area contributed by atoms with Crippen LogP contribution in [0, 0.1) is 12.7 Å². The molecule has 7 nitrogen and oxygen atoms in total. The molecule has 2 amide bonds. The smallest absolute Gasteiger partial charge is 0.329 e. The fraction of sp³-hybridized carbons (Fsp3) is 0.160. The summed E-state index contributed by atoms with van der Waals surface area (Å²) in [6.07, 6.45) is 1.34. The first-order valence-electron chi connectivity index (χ1n) is 10.5. The fourth-order valence-corrected chi connectivity index (χ4v) is 3.34. The normalized spacial score (nSPS) is 10.8. The maximum Gasteiger partial charge on any atom is 0.329 e. The number of hydrogen-bond acceptors (Lipinski definition) is 5. The summed E-state index contributed by atoms with van der Waals surface area (Å²) in [4.78, 5) is 24.2. The predicted octanol–water partition coefficient (Wildman–Crippen LogP) is 5.51. The lowest BCUT2D eigenvalue weighted by molar-refractivity contribution is -0.136. The molecule has 3 aromatic rings. The van der Waals surface area contributed by atoms with E-state index >= 15 is 0 Å². The van der Waals surface area contributed by atoms with Crippen molar-refractivity contribution >= 4 is 46.9 Å². The van der Waals surface area contributed by atoms with E-state index in [2.05, 4.69) is 15.8 Å². The van der Waals surface area contributed by atoms with E-state index in [1.54, 1.807) is 56.3 Å². The number of nitrogens with zero attached hydrogens (tertiary/aromatic N) is 1. The average molecular weight is 518 g/mol. The van der Waals surface area contributed by atoms with Crippen molar-refractivity contribution in [3.63, 3.8) is 0 Å². The molecule has 0 saturated heterocycles. The highest BCUT2D eigenvalue weighted by atomic mass is 35.5. The third-order valence-corrected chi connectivity index (χ3v) is 5.57. The van der Waals surface area contributed by atoms with Crippen LogP contribution in [0.4, 0.5) is 10.1 Å². The van der Waals surface area contributed by atoms with Crippen molar-refractivity contribution in [3.05, 3.63) is 87.2 Å². The van der Waals surface area contributed by atoms with Gasteiger partial charge in [-0.2, -0.15) is 5.10 Å². The number of carbonyl (C=O) groups is 2. The molecule has 35 heavy (non-hydrogen) atoms. The van der Waals surface area contributed by atoms with Crippen LogP contribution >= 0.6 is 23.2 Å². The molecule has 0 fully saturated rings. The Kier molecular flexibility index (Phi) is 9.05. The fourth-order valence-electron chi connectivity index (χ4n) is 2.95. The Morgan fingerprint density at radius 1 is 1.00 bits per heavy atom. The van der Waals surface area contributed by atoms with E-state index in [-0.39, 0.29) is 17.2 Å². The van der Waals surface area contributed by atoms with E-state index in [9.17, 15) is 14.0 Å². The molecule has 0 atom stereocenters. The molecule has 0 aliphatic heterocycles. The third-order valence-electron chi connectivity index (χ3n) is 4.80. The van der Waals surface area contributed by atoms with E-state index in [1.807, 2.05) is 0 Å². The van der Waals surface area contributed by atoms with Gasteiger partial charge in [0, 0.05) is 16.3 Å². The molecule has 0 aliphatic carbocycles. The van der Waals surface area contributed by atoms with Crippen LogP contribution < -0.4 is 20.2 Å². The monoisotopic (exact) mass is 517 g/mol. The quantitative estimate of drug-likeness (QED) is 0.234. The van der Waals surface area contributed by atoms with Crippen molar-refractivity contribution in [2.75, 3.05) is 11.9 Å².